The van der Waals surface area contributed by atoms with Gasteiger partial charge >= 0.3 is 6.03 Å². The van der Waals surface area contributed by atoms with Gasteiger partial charge in [-0.15, -0.1) is 0 Å². The molecule has 0 unspecified atom stereocenters. The second-order valence-corrected chi connectivity index (χ2v) is 7.19. The Bertz CT molecular complexity index is 1210. The van der Waals surface area contributed by atoms with Crippen LogP contribution in [0.1, 0.15) is 0 Å². The molecular weight excluding hydrogens is 394 g/mol. The molecule has 1 aromatic heterocycles. The first-order chi connectivity index (χ1) is 15.0. The number of urea groups is 1. The number of methoxy groups -OCH3 is 1. The standard InChI is InChI=1S/C23H23N5O3/c1-28(2)17-10-8-16(9-11-17)26-23(29)25-15-6-4-14(5-7-15)18-12-13-19(30-3)21-20(18)22(24)27-31-21/h4-13H,1-3H3,(H2,24,27)(H2,25,26,29). The number of nitrogen functional groups attached to an aromatic ring is 1. The number of nitrogens with one attached hydrogen (secondary N) is 2. The predicted octanol–water partition coefficient (Wildman–Crippen LogP) is 4.80. The van der Waals surface area contributed by atoms with E-state index in [9.17, 15) is 4.79 Å². The average Bonchev–Trinajstić information content (AvgIpc) is 3.16. The van der Waals surface area contributed by atoms with E-state index < -0.39 is 0 Å². The molecule has 8 nitrogen and oxygen atoms in total. The summed E-state index contributed by atoms with van der Waals surface area (Å²) in [5.41, 5.74) is 10.7. The lowest BCUT2D eigenvalue weighted by molar-refractivity contribution is 0.262. The van der Waals surface area contributed by atoms with Gasteiger partial charge in [0, 0.05) is 31.2 Å². The topological polar surface area (TPSA) is 106 Å². The summed E-state index contributed by atoms with van der Waals surface area (Å²) in [7, 11) is 5.50. The highest BCUT2D eigenvalue weighted by Gasteiger charge is 2.16. The second kappa shape index (κ2) is 8.27. The van der Waals surface area contributed by atoms with E-state index in [1.165, 1.54) is 0 Å². The molecule has 4 aromatic rings. The third-order valence-corrected chi connectivity index (χ3v) is 4.93. The van der Waals surface area contributed by atoms with Crippen LogP contribution < -0.4 is 26.0 Å². The van der Waals surface area contributed by atoms with E-state index in [-0.39, 0.29) is 6.03 Å². The van der Waals surface area contributed by atoms with E-state index in [0.717, 1.165) is 16.8 Å². The summed E-state index contributed by atoms with van der Waals surface area (Å²) in [5.74, 6) is 0.863. The first-order valence-corrected chi connectivity index (χ1v) is 9.64. The zero-order chi connectivity index (χ0) is 22.0. The number of amides is 2. The highest BCUT2D eigenvalue weighted by atomic mass is 16.5. The minimum absolute atomic E-state index is 0.297. The lowest BCUT2D eigenvalue weighted by atomic mass is 10.0. The van der Waals surface area contributed by atoms with Crippen molar-refractivity contribution in [1.82, 2.24) is 5.16 Å². The Kier molecular flexibility index (Phi) is 5.36. The highest BCUT2D eigenvalue weighted by Crippen LogP contribution is 2.37. The Morgan fingerprint density at radius 1 is 0.968 bits per heavy atom. The van der Waals surface area contributed by atoms with Crippen LogP contribution in [0.25, 0.3) is 22.1 Å². The maximum absolute atomic E-state index is 12.3. The number of nitrogens with zero attached hydrogens (tertiary/aromatic N) is 2. The smallest absolute Gasteiger partial charge is 0.323 e. The minimum Gasteiger partial charge on any atom is -0.493 e. The van der Waals surface area contributed by atoms with E-state index in [2.05, 4.69) is 15.8 Å². The molecule has 0 aliphatic carbocycles. The van der Waals surface area contributed by atoms with Crippen molar-refractivity contribution in [2.45, 2.75) is 0 Å². The molecular formula is C23H23N5O3. The number of aromatic nitrogens is 1. The van der Waals surface area contributed by atoms with Crippen LogP contribution in [0.15, 0.2) is 65.2 Å². The molecule has 0 atom stereocenters. The Labute approximate surface area is 179 Å². The molecule has 158 valence electrons. The number of rotatable bonds is 5. The Hall–Kier alpha value is -4.20. The number of hydrogen-bond acceptors (Lipinski definition) is 6. The molecule has 0 fully saturated rings. The number of nitrogens with two attached hydrogens (primary N) is 1. The second-order valence-electron chi connectivity index (χ2n) is 7.19. The van der Waals surface area contributed by atoms with E-state index in [0.29, 0.717) is 33.9 Å². The maximum atomic E-state index is 12.3. The Morgan fingerprint density at radius 2 is 1.58 bits per heavy atom. The van der Waals surface area contributed by atoms with E-state index in [4.69, 9.17) is 15.0 Å². The fourth-order valence-corrected chi connectivity index (χ4v) is 3.32. The van der Waals surface area contributed by atoms with Gasteiger partial charge in [0.2, 0.25) is 5.58 Å². The summed E-state index contributed by atoms with van der Waals surface area (Å²) < 4.78 is 10.6. The van der Waals surface area contributed by atoms with Crippen LogP contribution in [-0.4, -0.2) is 32.4 Å². The molecule has 0 radical (unpaired) electrons. The summed E-state index contributed by atoms with van der Waals surface area (Å²) in [6.07, 6.45) is 0. The summed E-state index contributed by atoms with van der Waals surface area (Å²) in [6.45, 7) is 0. The molecule has 0 aliphatic heterocycles. The number of anilines is 4. The van der Waals surface area contributed by atoms with E-state index in [1.807, 2.05) is 79.7 Å². The van der Waals surface area contributed by atoms with Gasteiger partial charge in [0.15, 0.2) is 11.6 Å². The molecule has 3 aromatic carbocycles. The van der Waals surface area contributed by atoms with Crippen molar-refractivity contribution in [3.8, 4) is 16.9 Å². The maximum Gasteiger partial charge on any atom is 0.323 e. The quantitative estimate of drug-likeness (QED) is 0.431. The SMILES string of the molecule is COc1ccc(-c2ccc(NC(=O)Nc3ccc(N(C)C)cc3)cc2)c2c(N)noc12. The zero-order valence-corrected chi connectivity index (χ0v) is 17.5. The minimum atomic E-state index is -0.319. The molecule has 8 heteroatoms. The summed E-state index contributed by atoms with van der Waals surface area (Å²) >= 11 is 0. The monoisotopic (exact) mass is 417 g/mol. The normalized spacial score (nSPS) is 10.7. The molecule has 31 heavy (non-hydrogen) atoms. The van der Waals surface area contributed by atoms with Gasteiger partial charge in [0.25, 0.3) is 0 Å². The average molecular weight is 417 g/mol. The van der Waals surface area contributed by atoms with Crippen molar-refractivity contribution in [2.75, 3.05) is 42.5 Å². The molecule has 0 bridgehead atoms. The number of benzene rings is 3. The first kappa shape index (κ1) is 20.1. The zero-order valence-electron chi connectivity index (χ0n) is 17.5. The van der Waals surface area contributed by atoms with Crippen molar-refractivity contribution < 1.29 is 14.1 Å². The van der Waals surface area contributed by atoms with Crippen LogP contribution in [0.5, 0.6) is 5.75 Å². The van der Waals surface area contributed by atoms with Crippen LogP contribution in [0.3, 0.4) is 0 Å². The number of hydrogen-bond donors (Lipinski definition) is 3. The largest absolute Gasteiger partial charge is 0.493 e. The number of carbonyl (C=O) groups excluding carboxylic acids is 1. The van der Waals surface area contributed by atoms with Crippen LogP contribution in [-0.2, 0) is 0 Å². The van der Waals surface area contributed by atoms with Gasteiger partial charge in [-0.3, -0.25) is 0 Å². The van der Waals surface area contributed by atoms with Gasteiger partial charge in [-0.05, 0) is 59.7 Å². The van der Waals surface area contributed by atoms with Crippen molar-refractivity contribution in [2.24, 2.45) is 0 Å². The van der Waals surface area contributed by atoms with Gasteiger partial charge in [0.05, 0.1) is 12.5 Å². The van der Waals surface area contributed by atoms with Crippen LogP contribution >= 0.6 is 0 Å². The molecule has 0 saturated heterocycles. The Balaban J connectivity index is 1.49. The van der Waals surface area contributed by atoms with Gasteiger partial charge in [-0.25, -0.2) is 4.79 Å². The fraction of sp³-hybridized carbons (Fsp3) is 0.130. The van der Waals surface area contributed by atoms with Crippen molar-refractivity contribution in [1.29, 1.82) is 0 Å². The number of ether oxygens (including phenoxy) is 1. The van der Waals surface area contributed by atoms with Gasteiger partial charge in [-0.2, -0.15) is 0 Å². The van der Waals surface area contributed by atoms with Gasteiger partial charge in [-0.1, -0.05) is 17.3 Å². The van der Waals surface area contributed by atoms with Crippen LogP contribution in [0.4, 0.5) is 27.7 Å². The first-order valence-electron chi connectivity index (χ1n) is 9.64. The summed E-state index contributed by atoms with van der Waals surface area (Å²) in [6, 6.07) is 18.4. The third kappa shape index (κ3) is 4.09. The molecule has 0 spiro atoms. The van der Waals surface area contributed by atoms with Crippen molar-refractivity contribution >= 4 is 39.9 Å². The highest BCUT2D eigenvalue weighted by molar-refractivity contribution is 6.04. The predicted molar refractivity (Wildman–Crippen MR) is 124 cm³/mol. The molecule has 2 amide bonds. The third-order valence-electron chi connectivity index (χ3n) is 4.93. The van der Waals surface area contributed by atoms with Gasteiger partial charge < -0.3 is 30.5 Å². The van der Waals surface area contributed by atoms with Crippen molar-refractivity contribution in [3.05, 3.63) is 60.7 Å². The van der Waals surface area contributed by atoms with Crippen LogP contribution in [0.2, 0.25) is 0 Å². The molecule has 4 N–H and O–H groups in total. The molecule has 4 rings (SSSR count). The summed E-state index contributed by atoms with van der Waals surface area (Å²) in [5, 5.41) is 10.2. The molecule has 0 aliphatic rings. The van der Waals surface area contributed by atoms with E-state index >= 15 is 0 Å². The lowest BCUT2D eigenvalue weighted by Crippen LogP contribution is -2.19. The van der Waals surface area contributed by atoms with E-state index in [1.54, 1.807) is 7.11 Å². The Morgan fingerprint density at radius 3 is 2.16 bits per heavy atom. The van der Waals surface area contributed by atoms with Gasteiger partial charge in [0.1, 0.15) is 0 Å². The number of carbonyl (C=O) groups is 1. The molecule has 0 saturated carbocycles. The number of fused-ring (bicyclic) bond motifs is 1. The van der Waals surface area contributed by atoms with Crippen LogP contribution in [0, 0.1) is 0 Å². The summed E-state index contributed by atoms with van der Waals surface area (Å²) in [4.78, 5) is 14.3. The fourth-order valence-electron chi connectivity index (χ4n) is 3.32. The lowest BCUT2D eigenvalue weighted by Gasteiger charge is -2.13. The molecule has 1 heterocycles. The van der Waals surface area contributed by atoms with Crippen molar-refractivity contribution in [3.63, 3.8) is 0 Å².